The number of hydrazone groups is 1. The standard InChI is InChI=1S/C18H19ClN2O3/c1-12-13(2)17(23-3)9-4-14(12)10-20-21-18(22)11-24-16-7-5-15(19)6-8-16/h4-10H,11H2,1-3H3,(H,21,22)/b20-10+. The first kappa shape index (κ1) is 17.8. The predicted octanol–water partition coefficient (Wildman–Crippen LogP) is 3.49. The van der Waals surface area contributed by atoms with Gasteiger partial charge in [0.25, 0.3) is 5.91 Å². The lowest BCUT2D eigenvalue weighted by molar-refractivity contribution is -0.123. The van der Waals surface area contributed by atoms with Crippen LogP contribution in [0.5, 0.6) is 11.5 Å². The van der Waals surface area contributed by atoms with Crippen molar-refractivity contribution >= 4 is 23.7 Å². The van der Waals surface area contributed by atoms with E-state index in [0.29, 0.717) is 10.8 Å². The number of rotatable bonds is 6. The first-order valence-corrected chi connectivity index (χ1v) is 7.73. The fourth-order valence-electron chi connectivity index (χ4n) is 2.06. The van der Waals surface area contributed by atoms with E-state index >= 15 is 0 Å². The molecule has 0 aliphatic rings. The number of carbonyl (C=O) groups is 1. The van der Waals surface area contributed by atoms with Crippen molar-refractivity contribution in [2.75, 3.05) is 13.7 Å². The molecule has 6 heteroatoms. The second-order valence-electron chi connectivity index (χ2n) is 5.14. The minimum Gasteiger partial charge on any atom is -0.496 e. The Bertz CT molecular complexity index is 743. The molecule has 0 bridgehead atoms. The Morgan fingerprint density at radius 2 is 1.88 bits per heavy atom. The van der Waals surface area contributed by atoms with Crippen LogP contribution in [0.4, 0.5) is 0 Å². The van der Waals surface area contributed by atoms with Crippen LogP contribution >= 0.6 is 11.6 Å². The maximum Gasteiger partial charge on any atom is 0.277 e. The van der Waals surface area contributed by atoms with E-state index < -0.39 is 0 Å². The molecule has 1 N–H and O–H groups in total. The van der Waals surface area contributed by atoms with Crippen molar-refractivity contribution in [1.29, 1.82) is 0 Å². The molecule has 2 aromatic carbocycles. The lowest BCUT2D eigenvalue weighted by atomic mass is 10.0. The van der Waals surface area contributed by atoms with Gasteiger partial charge in [0.15, 0.2) is 6.61 Å². The van der Waals surface area contributed by atoms with Crippen LogP contribution in [0.25, 0.3) is 0 Å². The molecule has 0 saturated heterocycles. The molecule has 5 nitrogen and oxygen atoms in total. The van der Waals surface area contributed by atoms with E-state index in [0.717, 1.165) is 22.4 Å². The highest BCUT2D eigenvalue weighted by Gasteiger charge is 2.05. The number of hydrogen-bond acceptors (Lipinski definition) is 4. The topological polar surface area (TPSA) is 59.9 Å². The van der Waals surface area contributed by atoms with Gasteiger partial charge in [0.1, 0.15) is 11.5 Å². The molecule has 0 spiro atoms. The van der Waals surface area contributed by atoms with Crippen molar-refractivity contribution in [2.24, 2.45) is 5.10 Å². The SMILES string of the molecule is COc1ccc(/C=N/NC(=O)COc2ccc(Cl)cc2)c(C)c1C. The van der Waals surface area contributed by atoms with Crippen LogP contribution in [0.1, 0.15) is 16.7 Å². The molecule has 0 radical (unpaired) electrons. The summed E-state index contributed by atoms with van der Waals surface area (Å²) < 4.78 is 10.6. The van der Waals surface area contributed by atoms with Crippen molar-refractivity contribution in [1.82, 2.24) is 5.43 Å². The van der Waals surface area contributed by atoms with Crippen LogP contribution in [-0.4, -0.2) is 25.8 Å². The van der Waals surface area contributed by atoms with Crippen LogP contribution in [0.2, 0.25) is 5.02 Å². The summed E-state index contributed by atoms with van der Waals surface area (Å²) in [6.45, 7) is 3.83. The molecule has 0 aromatic heterocycles. The van der Waals surface area contributed by atoms with Crippen molar-refractivity contribution in [3.05, 3.63) is 58.1 Å². The Kier molecular flexibility index (Phi) is 6.21. The number of carbonyl (C=O) groups excluding carboxylic acids is 1. The third kappa shape index (κ3) is 4.73. The number of methoxy groups -OCH3 is 1. The number of nitrogens with zero attached hydrogens (tertiary/aromatic N) is 1. The van der Waals surface area contributed by atoms with E-state index in [-0.39, 0.29) is 12.5 Å². The van der Waals surface area contributed by atoms with E-state index in [1.807, 2.05) is 26.0 Å². The van der Waals surface area contributed by atoms with Gasteiger partial charge in [0, 0.05) is 5.02 Å². The van der Waals surface area contributed by atoms with E-state index in [9.17, 15) is 4.79 Å². The Morgan fingerprint density at radius 1 is 1.17 bits per heavy atom. The average Bonchev–Trinajstić information content (AvgIpc) is 2.58. The molecule has 24 heavy (non-hydrogen) atoms. The van der Waals surface area contributed by atoms with Gasteiger partial charge in [0.2, 0.25) is 0 Å². The zero-order valence-electron chi connectivity index (χ0n) is 13.8. The van der Waals surface area contributed by atoms with Crippen LogP contribution < -0.4 is 14.9 Å². The second kappa shape index (κ2) is 8.36. The molecular formula is C18H19ClN2O3. The number of hydrogen-bond donors (Lipinski definition) is 1. The van der Waals surface area contributed by atoms with Gasteiger partial charge in [-0.05, 0) is 66.9 Å². The monoisotopic (exact) mass is 346 g/mol. The molecule has 1 amide bonds. The highest BCUT2D eigenvalue weighted by molar-refractivity contribution is 6.30. The molecule has 0 unspecified atom stereocenters. The van der Waals surface area contributed by atoms with Crippen LogP contribution in [0.3, 0.4) is 0 Å². The van der Waals surface area contributed by atoms with Crippen molar-refractivity contribution < 1.29 is 14.3 Å². The molecule has 0 atom stereocenters. The minimum atomic E-state index is -0.343. The summed E-state index contributed by atoms with van der Waals surface area (Å²) in [6.07, 6.45) is 1.60. The van der Waals surface area contributed by atoms with E-state index in [1.165, 1.54) is 0 Å². The summed E-state index contributed by atoms with van der Waals surface area (Å²) in [5, 5.41) is 4.57. The van der Waals surface area contributed by atoms with Gasteiger partial charge >= 0.3 is 0 Å². The highest BCUT2D eigenvalue weighted by Crippen LogP contribution is 2.22. The van der Waals surface area contributed by atoms with Crippen molar-refractivity contribution in [3.63, 3.8) is 0 Å². The molecule has 0 saturated carbocycles. The first-order valence-electron chi connectivity index (χ1n) is 7.35. The first-order chi connectivity index (χ1) is 11.5. The summed E-state index contributed by atoms with van der Waals surface area (Å²) in [7, 11) is 1.64. The minimum absolute atomic E-state index is 0.125. The van der Waals surface area contributed by atoms with E-state index in [4.69, 9.17) is 21.1 Å². The lowest BCUT2D eigenvalue weighted by Gasteiger charge is -2.09. The van der Waals surface area contributed by atoms with Crippen LogP contribution in [-0.2, 0) is 4.79 Å². The molecule has 2 rings (SSSR count). The Hall–Kier alpha value is -2.53. The predicted molar refractivity (Wildman–Crippen MR) is 95.2 cm³/mol. The maximum atomic E-state index is 11.7. The summed E-state index contributed by atoms with van der Waals surface area (Å²) in [5.74, 6) is 1.05. The smallest absolute Gasteiger partial charge is 0.277 e. The summed E-state index contributed by atoms with van der Waals surface area (Å²) >= 11 is 5.78. The maximum absolute atomic E-state index is 11.7. The van der Waals surface area contributed by atoms with Crippen LogP contribution in [0.15, 0.2) is 41.5 Å². The van der Waals surface area contributed by atoms with Crippen LogP contribution in [0, 0.1) is 13.8 Å². The molecule has 126 valence electrons. The van der Waals surface area contributed by atoms with Crippen molar-refractivity contribution in [2.45, 2.75) is 13.8 Å². The quantitative estimate of drug-likeness (QED) is 0.643. The third-order valence-corrected chi connectivity index (χ3v) is 3.83. The zero-order valence-corrected chi connectivity index (χ0v) is 14.6. The molecule has 0 aliphatic carbocycles. The number of nitrogens with one attached hydrogen (secondary N) is 1. The Labute approximate surface area is 146 Å². The normalized spacial score (nSPS) is 10.7. The van der Waals surface area contributed by atoms with Gasteiger partial charge < -0.3 is 9.47 Å². The highest BCUT2D eigenvalue weighted by atomic mass is 35.5. The summed E-state index contributed by atoms with van der Waals surface area (Å²) in [4.78, 5) is 11.7. The van der Waals surface area contributed by atoms with E-state index in [2.05, 4.69) is 10.5 Å². The van der Waals surface area contributed by atoms with Gasteiger partial charge in [0.05, 0.1) is 13.3 Å². The molecular weight excluding hydrogens is 328 g/mol. The fraction of sp³-hybridized carbons (Fsp3) is 0.222. The van der Waals surface area contributed by atoms with Crippen molar-refractivity contribution in [3.8, 4) is 11.5 Å². The van der Waals surface area contributed by atoms with Gasteiger partial charge in [-0.3, -0.25) is 4.79 Å². The third-order valence-electron chi connectivity index (χ3n) is 3.58. The van der Waals surface area contributed by atoms with Gasteiger partial charge in [-0.25, -0.2) is 5.43 Å². The largest absolute Gasteiger partial charge is 0.496 e. The Balaban J connectivity index is 1.88. The van der Waals surface area contributed by atoms with Gasteiger partial charge in [-0.1, -0.05) is 11.6 Å². The van der Waals surface area contributed by atoms with Gasteiger partial charge in [-0.15, -0.1) is 0 Å². The lowest BCUT2D eigenvalue weighted by Crippen LogP contribution is -2.24. The second-order valence-corrected chi connectivity index (χ2v) is 5.58. The van der Waals surface area contributed by atoms with Gasteiger partial charge in [-0.2, -0.15) is 5.10 Å². The number of amides is 1. The zero-order chi connectivity index (χ0) is 17.5. The average molecular weight is 347 g/mol. The molecule has 0 aliphatic heterocycles. The number of benzene rings is 2. The summed E-state index contributed by atoms with van der Waals surface area (Å²) in [6, 6.07) is 10.5. The molecule has 2 aromatic rings. The molecule has 0 fully saturated rings. The van der Waals surface area contributed by atoms with E-state index in [1.54, 1.807) is 37.6 Å². The number of halogens is 1. The molecule has 0 heterocycles. The summed E-state index contributed by atoms with van der Waals surface area (Å²) in [5.41, 5.74) is 5.43. The fourth-order valence-corrected chi connectivity index (χ4v) is 2.19. The Morgan fingerprint density at radius 3 is 2.54 bits per heavy atom. The number of ether oxygens (including phenoxy) is 2.